The molecule has 2 bridgehead atoms. The van der Waals surface area contributed by atoms with Crippen LogP contribution in [0.4, 0.5) is 0 Å². The van der Waals surface area contributed by atoms with Crippen LogP contribution in [0.15, 0.2) is 29.2 Å². The van der Waals surface area contributed by atoms with Crippen LogP contribution in [-0.4, -0.2) is 47.6 Å². The van der Waals surface area contributed by atoms with Crippen molar-refractivity contribution < 1.29 is 18.0 Å². The van der Waals surface area contributed by atoms with Crippen LogP contribution in [0.5, 0.6) is 0 Å². The number of benzene rings is 1. The van der Waals surface area contributed by atoms with Crippen molar-refractivity contribution >= 4 is 21.8 Å². The van der Waals surface area contributed by atoms with E-state index in [4.69, 9.17) is 0 Å². The van der Waals surface area contributed by atoms with Crippen molar-refractivity contribution in [2.75, 3.05) is 0 Å². The minimum atomic E-state index is -3.55. The maximum absolute atomic E-state index is 13.1. The van der Waals surface area contributed by atoms with Gasteiger partial charge in [0, 0.05) is 31.0 Å². The average Bonchev–Trinajstić information content (AvgIpc) is 3.04. The summed E-state index contributed by atoms with van der Waals surface area (Å²) in [5.41, 5.74) is 0.913. The van der Waals surface area contributed by atoms with Crippen molar-refractivity contribution in [3.63, 3.8) is 0 Å². The maximum Gasteiger partial charge on any atom is 0.243 e. The predicted octanol–water partition coefficient (Wildman–Crippen LogP) is 1.83. The molecule has 2 amide bonds. The Morgan fingerprint density at radius 3 is 2.12 bits per heavy atom. The molecule has 0 aliphatic carbocycles. The molecule has 1 aromatic carbocycles. The van der Waals surface area contributed by atoms with Gasteiger partial charge in [0.25, 0.3) is 0 Å². The molecule has 3 heterocycles. The van der Waals surface area contributed by atoms with Crippen molar-refractivity contribution in [2.24, 2.45) is 0 Å². The Bertz CT molecular complexity index is 805. The Morgan fingerprint density at radius 1 is 0.960 bits per heavy atom. The van der Waals surface area contributed by atoms with Gasteiger partial charge in [-0.3, -0.25) is 14.5 Å². The Kier molecular flexibility index (Phi) is 3.96. The maximum atomic E-state index is 13.1. The van der Waals surface area contributed by atoms with Gasteiger partial charge in [-0.15, -0.1) is 0 Å². The van der Waals surface area contributed by atoms with Gasteiger partial charge in [0.15, 0.2) is 0 Å². The van der Waals surface area contributed by atoms with Gasteiger partial charge in [-0.05, 0) is 50.3 Å². The fourth-order valence-electron chi connectivity index (χ4n) is 4.61. The lowest BCUT2D eigenvalue weighted by atomic mass is 9.98. The van der Waals surface area contributed by atoms with E-state index in [1.807, 2.05) is 13.0 Å². The highest BCUT2D eigenvalue weighted by Gasteiger charge is 2.50. The number of imide groups is 1. The fraction of sp³-hybridized carbons (Fsp3) is 0.556. The quantitative estimate of drug-likeness (QED) is 0.769. The van der Waals surface area contributed by atoms with Crippen LogP contribution in [0.1, 0.15) is 44.1 Å². The minimum Gasteiger partial charge on any atom is -0.279 e. The molecule has 0 aromatic heterocycles. The van der Waals surface area contributed by atoms with Crippen LogP contribution in [0, 0.1) is 6.92 Å². The van der Waals surface area contributed by atoms with E-state index in [-0.39, 0.29) is 42.8 Å². The number of nitrogens with zero attached hydrogens (tertiary/aromatic N) is 2. The number of hydrogen-bond acceptors (Lipinski definition) is 4. The molecule has 1 aromatic rings. The second-order valence-electron chi connectivity index (χ2n) is 7.32. The first-order valence-corrected chi connectivity index (χ1v) is 10.3. The van der Waals surface area contributed by atoms with Crippen molar-refractivity contribution in [1.29, 1.82) is 0 Å². The van der Waals surface area contributed by atoms with Gasteiger partial charge in [0.2, 0.25) is 21.8 Å². The smallest absolute Gasteiger partial charge is 0.243 e. The molecule has 0 saturated carbocycles. The van der Waals surface area contributed by atoms with Crippen LogP contribution < -0.4 is 0 Å². The van der Waals surface area contributed by atoms with Gasteiger partial charge in [0.1, 0.15) is 0 Å². The average molecular weight is 362 g/mol. The third-order valence-corrected chi connectivity index (χ3v) is 7.66. The summed E-state index contributed by atoms with van der Waals surface area (Å²) in [4.78, 5) is 25.8. The number of sulfonamides is 1. The molecule has 3 aliphatic heterocycles. The lowest BCUT2D eigenvalue weighted by Crippen LogP contribution is -2.53. The molecule has 4 rings (SSSR count). The largest absolute Gasteiger partial charge is 0.279 e. The fourth-order valence-corrected chi connectivity index (χ4v) is 6.60. The van der Waals surface area contributed by atoms with Crippen molar-refractivity contribution in [1.82, 2.24) is 9.21 Å². The lowest BCUT2D eigenvalue weighted by Gasteiger charge is -2.40. The number of carbonyl (C=O) groups excluding carboxylic acids is 2. The van der Waals surface area contributed by atoms with E-state index in [0.717, 1.165) is 18.4 Å². The highest BCUT2D eigenvalue weighted by atomic mass is 32.2. The first kappa shape index (κ1) is 16.7. The minimum absolute atomic E-state index is 0.107. The van der Waals surface area contributed by atoms with E-state index in [2.05, 4.69) is 0 Å². The molecule has 7 heteroatoms. The first-order chi connectivity index (χ1) is 11.9. The van der Waals surface area contributed by atoms with Gasteiger partial charge >= 0.3 is 0 Å². The first-order valence-electron chi connectivity index (χ1n) is 8.83. The Balaban J connectivity index is 1.61. The van der Waals surface area contributed by atoms with Gasteiger partial charge < -0.3 is 0 Å². The van der Waals surface area contributed by atoms with E-state index in [9.17, 15) is 18.0 Å². The van der Waals surface area contributed by atoms with Crippen LogP contribution in [0.25, 0.3) is 0 Å². The number of carbonyl (C=O) groups is 2. The number of amides is 2. The topological polar surface area (TPSA) is 74.8 Å². The van der Waals surface area contributed by atoms with E-state index in [1.165, 1.54) is 4.90 Å². The number of piperidine rings is 1. The zero-order chi connectivity index (χ0) is 17.8. The number of rotatable bonds is 3. The van der Waals surface area contributed by atoms with Crippen LogP contribution in [0.2, 0.25) is 0 Å². The van der Waals surface area contributed by atoms with Gasteiger partial charge in [-0.2, -0.15) is 4.31 Å². The SMILES string of the molecule is Cc1cccc(S(=O)(=O)N2C3CCC2CC(N2C(=O)CCC2=O)C3)c1. The Morgan fingerprint density at radius 2 is 1.56 bits per heavy atom. The van der Waals surface area contributed by atoms with Gasteiger partial charge in [0.05, 0.1) is 4.90 Å². The highest BCUT2D eigenvalue weighted by Crippen LogP contribution is 2.42. The van der Waals surface area contributed by atoms with E-state index >= 15 is 0 Å². The lowest BCUT2D eigenvalue weighted by molar-refractivity contribution is -0.142. The molecule has 2 atom stereocenters. The highest BCUT2D eigenvalue weighted by molar-refractivity contribution is 7.89. The Labute approximate surface area is 147 Å². The second kappa shape index (κ2) is 5.92. The number of aryl methyl sites for hydroxylation is 1. The zero-order valence-corrected chi connectivity index (χ0v) is 15.0. The standard InChI is InChI=1S/C18H22N2O4S/c1-12-3-2-4-16(9-12)25(23,24)20-13-5-6-14(20)11-15(10-13)19-17(21)7-8-18(19)22/h2-4,9,13-15H,5-8,10-11H2,1H3. The summed E-state index contributed by atoms with van der Waals surface area (Å²) in [6, 6.07) is 6.58. The molecular weight excluding hydrogens is 340 g/mol. The predicted molar refractivity (Wildman–Crippen MR) is 91.1 cm³/mol. The zero-order valence-electron chi connectivity index (χ0n) is 14.2. The van der Waals surface area contributed by atoms with Crippen LogP contribution in [0.3, 0.4) is 0 Å². The number of likely N-dealkylation sites (tertiary alicyclic amines) is 1. The summed E-state index contributed by atoms with van der Waals surface area (Å²) < 4.78 is 27.9. The van der Waals surface area contributed by atoms with Gasteiger partial charge in [-0.1, -0.05) is 12.1 Å². The summed E-state index contributed by atoms with van der Waals surface area (Å²) >= 11 is 0. The molecule has 0 spiro atoms. The number of fused-ring (bicyclic) bond motifs is 2. The van der Waals surface area contributed by atoms with E-state index in [0.29, 0.717) is 17.7 Å². The molecule has 3 saturated heterocycles. The molecule has 0 radical (unpaired) electrons. The normalized spacial score (nSPS) is 30.3. The number of hydrogen-bond donors (Lipinski definition) is 0. The van der Waals surface area contributed by atoms with Crippen molar-refractivity contribution in [3.05, 3.63) is 29.8 Å². The van der Waals surface area contributed by atoms with Gasteiger partial charge in [-0.25, -0.2) is 8.42 Å². The summed E-state index contributed by atoms with van der Waals surface area (Å²) in [6.07, 6.45) is 3.27. The van der Waals surface area contributed by atoms with Crippen LogP contribution in [-0.2, 0) is 19.6 Å². The molecule has 134 valence electrons. The molecule has 0 N–H and O–H groups in total. The molecule has 3 fully saturated rings. The van der Waals surface area contributed by atoms with E-state index in [1.54, 1.807) is 22.5 Å². The summed E-state index contributed by atoms with van der Waals surface area (Å²) in [7, 11) is -3.55. The van der Waals surface area contributed by atoms with E-state index < -0.39 is 10.0 Å². The summed E-state index contributed by atoms with van der Waals surface area (Å²) in [5.74, 6) is -0.214. The Hall–Kier alpha value is -1.73. The van der Waals surface area contributed by atoms with Crippen molar-refractivity contribution in [2.45, 2.75) is 68.5 Å². The summed E-state index contributed by atoms with van der Waals surface area (Å²) in [6.45, 7) is 1.88. The van der Waals surface area contributed by atoms with Crippen LogP contribution >= 0.6 is 0 Å². The van der Waals surface area contributed by atoms with Crippen molar-refractivity contribution in [3.8, 4) is 0 Å². The second-order valence-corrected chi connectivity index (χ2v) is 9.16. The third kappa shape index (κ3) is 2.69. The molecule has 25 heavy (non-hydrogen) atoms. The molecule has 2 unspecified atom stereocenters. The summed E-state index contributed by atoms with van der Waals surface area (Å²) in [5, 5.41) is 0. The monoisotopic (exact) mass is 362 g/mol. The molecule has 3 aliphatic rings. The molecule has 6 nitrogen and oxygen atoms in total. The molecular formula is C18H22N2O4S. The third-order valence-electron chi connectivity index (χ3n) is 5.66.